The van der Waals surface area contributed by atoms with Crippen LogP contribution >= 0.6 is 0 Å². The van der Waals surface area contributed by atoms with E-state index in [1.165, 1.54) is 18.2 Å². The average molecular weight is 249 g/mol. The van der Waals surface area contributed by atoms with Gasteiger partial charge in [0.2, 0.25) is 5.91 Å². The molecule has 0 spiro atoms. The second-order valence-electron chi connectivity index (χ2n) is 4.51. The maximum absolute atomic E-state index is 11.9. The van der Waals surface area contributed by atoms with E-state index in [9.17, 15) is 14.7 Å². The molecule has 1 aliphatic rings. The number of benzene rings is 1. The number of amides is 1. The summed E-state index contributed by atoms with van der Waals surface area (Å²) < 4.78 is 0. The molecule has 0 unspecified atom stereocenters. The van der Waals surface area contributed by atoms with E-state index in [4.69, 9.17) is 5.11 Å². The molecule has 2 rings (SSSR count). The van der Waals surface area contributed by atoms with E-state index in [0.717, 1.165) is 25.7 Å². The SMILES string of the molecule is O=C(O)c1ccc(O)c(NC(=O)C2CCCC2)c1. The Hall–Kier alpha value is -2.04. The molecule has 18 heavy (non-hydrogen) atoms. The van der Waals surface area contributed by atoms with Gasteiger partial charge in [-0.05, 0) is 31.0 Å². The Kier molecular flexibility index (Phi) is 3.50. The van der Waals surface area contributed by atoms with Crippen molar-refractivity contribution in [2.45, 2.75) is 25.7 Å². The molecule has 0 saturated heterocycles. The van der Waals surface area contributed by atoms with Crippen molar-refractivity contribution in [2.24, 2.45) is 5.92 Å². The van der Waals surface area contributed by atoms with E-state index < -0.39 is 5.97 Å². The van der Waals surface area contributed by atoms with Crippen molar-refractivity contribution < 1.29 is 19.8 Å². The van der Waals surface area contributed by atoms with Crippen molar-refractivity contribution in [2.75, 3.05) is 5.32 Å². The van der Waals surface area contributed by atoms with E-state index in [-0.39, 0.29) is 28.8 Å². The summed E-state index contributed by atoms with van der Waals surface area (Å²) >= 11 is 0. The smallest absolute Gasteiger partial charge is 0.335 e. The standard InChI is InChI=1S/C13H15NO4/c15-11-6-5-9(13(17)18)7-10(11)14-12(16)8-3-1-2-4-8/h5-8,15H,1-4H2,(H,14,16)(H,17,18). The predicted molar refractivity (Wildman–Crippen MR) is 65.7 cm³/mol. The number of phenolic OH excluding ortho intramolecular Hbond substituents is 1. The van der Waals surface area contributed by atoms with Crippen molar-refractivity contribution in [1.82, 2.24) is 0 Å². The van der Waals surface area contributed by atoms with Gasteiger partial charge < -0.3 is 15.5 Å². The molecule has 5 heteroatoms. The first-order valence-corrected chi connectivity index (χ1v) is 5.95. The lowest BCUT2D eigenvalue weighted by atomic mass is 10.1. The summed E-state index contributed by atoms with van der Waals surface area (Å²) in [5.74, 6) is -1.39. The molecule has 96 valence electrons. The van der Waals surface area contributed by atoms with E-state index in [1.54, 1.807) is 0 Å². The summed E-state index contributed by atoms with van der Waals surface area (Å²) in [6.07, 6.45) is 3.79. The number of carbonyl (C=O) groups excluding carboxylic acids is 1. The third-order valence-electron chi connectivity index (χ3n) is 3.23. The number of nitrogens with one attached hydrogen (secondary N) is 1. The van der Waals surface area contributed by atoms with Gasteiger partial charge in [0.05, 0.1) is 11.3 Å². The first kappa shape index (κ1) is 12.4. The zero-order chi connectivity index (χ0) is 13.1. The van der Waals surface area contributed by atoms with Crippen LogP contribution in [0.5, 0.6) is 5.75 Å². The van der Waals surface area contributed by atoms with Gasteiger partial charge >= 0.3 is 5.97 Å². The van der Waals surface area contributed by atoms with Gasteiger partial charge in [-0.1, -0.05) is 12.8 Å². The molecule has 1 aromatic carbocycles. The summed E-state index contributed by atoms with van der Waals surface area (Å²) in [4.78, 5) is 22.7. The van der Waals surface area contributed by atoms with E-state index in [2.05, 4.69) is 5.32 Å². The number of anilines is 1. The van der Waals surface area contributed by atoms with Crippen LogP contribution in [-0.2, 0) is 4.79 Å². The summed E-state index contributed by atoms with van der Waals surface area (Å²) in [5.41, 5.74) is 0.196. The molecule has 0 aliphatic heterocycles. The maximum Gasteiger partial charge on any atom is 0.335 e. The van der Waals surface area contributed by atoms with Gasteiger partial charge in [0, 0.05) is 5.92 Å². The number of rotatable bonds is 3. The monoisotopic (exact) mass is 249 g/mol. The summed E-state index contributed by atoms with van der Waals surface area (Å²) in [5, 5.41) is 21.0. The largest absolute Gasteiger partial charge is 0.506 e. The van der Waals surface area contributed by atoms with Crippen molar-refractivity contribution in [3.8, 4) is 5.75 Å². The highest BCUT2D eigenvalue weighted by atomic mass is 16.4. The Bertz CT molecular complexity index is 478. The van der Waals surface area contributed by atoms with Crippen LogP contribution in [0.2, 0.25) is 0 Å². The number of aromatic carboxylic acids is 1. The van der Waals surface area contributed by atoms with Gasteiger partial charge in [0.15, 0.2) is 0 Å². The number of hydrogen-bond acceptors (Lipinski definition) is 3. The fourth-order valence-corrected chi connectivity index (χ4v) is 2.19. The molecule has 0 aromatic heterocycles. The fourth-order valence-electron chi connectivity index (χ4n) is 2.19. The number of carboxylic acid groups (broad SMARTS) is 1. The second kappa shape index (κ2) is 5.08. The number of aromatic hydroxyl groups is 1. The minimum absolute atomic E-state index is 0.0297. The van der Waals surface area contributed by atoms with Gasteiger partial charge in [0.1, 0.15) is 5.75 Å². The zero-order valence-corrected chi connectivity index (χ0v) is 9.85. The van der Waals surface area contributed by atoms with Crippen LogP contribution in [0.1, 0.15) is 36.0 Å². The molecule has 1 amide bonds. The number of carboxylic acids is 1. The van der Waals surface area contributed by atoms with Crippen LogP contribution in [0.15, 0.2) is 18.2 Å². The highest BCUT2D eigenvalue weighted by Crippen LogP contribution is 2.29. The van der Waals surface area contributed by atoms with E-state index in [0.29, 0.717) is 0 Å². The molecule has 1 aromatic rings. The minimum Gasteiger partial charge on any atom is -0.506 e. The summed E-state index contributed by atoms with van der Waals surface area (Å²) in [6.45, 7) is 0. The van der Waals surface area contributed by atoms with E-state index in [1.807, 2.05) is 0 Å². The molecule has 0 radical (unpaired) electrons. The van der Waals surface area contributed by atoms with E-state index >= 15 is 0 Å². The van der Waals surface area contributed by atoms with Crippen molar-refractivity contribution >= 4 is 17.6 Å². The Morgan fingerprint density at radius 2 is 1.89 bits per heavy atom. The number of hydrogen-bond donors (Lipinski definition) is 3. The average Bonchev–Trinajstić information content (AvgIpc) is 2.85. The Morgan fingerprint density at radius 3 is 2.50 bits per heavy atom. The van der Waals surface area contributed by atoms with Crippen LogP contribution in [0.3, 0.4) is 0 Å². The molecule has 1 saturated carbocycles. The van der Waals surface area contributed by atoms with Gasteiger partial charge in [-0.25, -0.2) is 4.79 Å². The maximum atomic E-state index is 11.9. The number of phenols is 1. The predicted octanol–water partition coefficient (Wildman–Crippen LogP) is 2.22. The van der Waals surface area contributed by atoms with Crippen LogP contribution in [0.4, 0.5) is 5.69 Å². The van der Waals surface area contributed by atoms with Gasteiger partial charge in [-0.15, -0.1) is 0 Å². The molecule has 1 fully saturated rings. The Labute approximate surface area is 104 Å². The summed E-state index contributed by atoms with van der Waals surface area (Å²) in [6, 6.07) is 3.83. The highest BCUT2D eigenvalue weighted by molar-refractivity contribution is 5.96. The van der Waals surface area contributed by atoms with Crippen molar-refractivity contribution in [3.05, 3.63) is 23.8 Å². The Morgan fingerprint density at radius 1 is 1.22 bits per heavy atom. The first-order valence-electron chi connectivity index (χ1n) is 5.95. The minimum atomic E-state index is -1.09. The zero-order valence-electron chi connectivity index (χ0n) is 9.85. The molecule has 3 N–H and O–H groups in total. The molecule has 1 aliphatic carbocycles. The lowest BCUT2D eigenvalue weighted by Crippen LogP contribution is -2.20. The molecular weight excluding hydrogens is 234 g/mol. The molecule has 0 heterocycles. The van der Waals surface area contributed by atoms with Gasteiger partial charge in [-0.2, -0.15) is 0 Å². The van der Waals surface area contributed by atoms with Crippen LogP contribution in [0.25, 0.3) is 0 Å². The third kappa shape index (κ3) is 2.61. The van der Waals surface area contributed by atoms with Gasteiger partial charge in [-0.3, -0.25) is 4.79 Å². The molecular formula is C13H15NO4. The highest BCUT2D eigenvalue weighted by Gasteiger charge is 2.23. The van der Waals surface area contributed by atoms with Crippen LogP contribution in [0, 0.1) is 5.92 Å². The van der Waals surface area contributed by atoms with Gasteiger partial charge in [0.25, 0.3) is 0 Å². The lowest BCUT2D eigenvalue weighted by molar-refractivity contribution is -0.119. The molecule has 0 bridgehead atoms. The second-order valence-corrected chi connectivity index (χ2v) is 4.51. The first-order chi connectivity index (χ1) is 8.58. The summed E-state index contributed by atoms with van der Waals surface area (Å²) in [7, 11) is 0. The quantitative estimate of drug-likeness (QED) is 0.717. The topological polar surface area (TPSA) is 86.6 Å². The normalized spacial score (nSPS) is 15.6. The van der Waals surface area contributed by atoms with Crippen molar-refractivity contribution in [1.29, 1.82) is 0 Å². The fraction of sp³-hybridized carbons (Fsp3) is 0.385. The van der Waals surface area contributed by atoms with Crippen LogP contribution < -0.4 is 5.32 Å². The van der Waals surface area contributed by atoms with Crippen molar-refractivity contribution in [3.63, 3.8) is 0 Å². The molecule has 5 nitrogen and oxygen atoms in total. The lowest BCUT2D eigenvalue weighted by Gasteiger charge is -2.12. The van der Waals surface area contributed by atoms with Crippen LogP contribution in [-0.4, -0.2) is 22.1 Å². The Balaban J connectivity index is 2.14. The third-order valence-corrected chi connectivity index (χ3v) is 3.23. The number of carbonyl (C=O) groups is 2. The molecule has 0 atom stereocenters.